The van der Waals surface area contributed by atoms with Crippen LogP contribution in [0.15, 0.2) is 42.5 Å². The summed E-state index contributed by atoms with van der Waals surface area (Å²) < 4.78 is 35.8. The van der Waals surface area contributed by atoms with E-state index in [1.165, 1.54) is 24.5 Å². The van der Waals surface area contributed by atoms with Crippen molar-refractivity contribution in [1.82, 2.24) is 9.88 Å². The molecule has 154 valence electrons. The highest BCUT2D eigenvalue weighted by Crippen LogP contribution is 2.30. The van der Waals surface area contributed by atoms with Crippen molar-refractivity contribution in [2.75, 3.05) is 19.5 Å². The van der Waals surface area contributed by atoms with Crippen molar-refractivity contribution < 1.29 is 23.0 Å². The second kappa shape index (κ2) is 9.15. The molecule has 0 aliphatic carbocycles. The van der Waals surface area contributed by atoms with E-state index in [1.54, 1.807) is 31.0 Å². The number of likely N-dealkylation sites (N-methyl/N-ethyl adjacent to an activating group) is 1. The van der Waals surface area contributed by atoms with E-state index in [-0.39, 0.29) is 17.4 Å². The lowest BCUT2D eigenvalue weighted by molar-refractivity contribution is -0.120. The first-order valence-electron chi connectivity index (χ1n) is 8.85. The fourth-order valence-electron chi connectivity index (χ4n) is 2.77. The zero-order chi connectivity index (χ0) is 21.0. The van der Waals surface area contributed by atoms with Crippen LogP contribution in [0.3, 0.4) is 0 Å². The summed E-state index contributed by atoms with van der Waals surface area (Å²) in [5.74, 6) is -0.0255. The summed E-state index contributed by atoms with van der Waals surface area (Å²) in [6, 6.07) is 12.0. The topological polar surface area (TPSA) is 63.7 Å². The van der Waals surface area contributed by atoms with Crippen molar-refractivity contribution in [2.24, 2.45) is 0 Å². The Bertz CT molecular complexity index is 963. The monoisotopic (exact) mass is 421 g/mol. The van der Waals surface area contributed by atoms with Crippen LogP contribution in [-0.4, -0.2) is 42.6 Å². The second-order valence-electron chi connectivity index (χ2n) is 6.43. The van der Waals surface area contributed by atoms with Crippen molar-refractivity contribution >= 4 is 32.6 Å². The van der Waals surface area contributed by atoms with Crippen LogP contribution in [0.1, 0.15) is 12.5 Å². The summed E-state index contributed by atoms with van der Waals surface area (Å²) in [6.07, 6.45) is 0. The van der Waals surface area contributed by atoms with Gasteiger partial charge in [-0.1, -0.05) is 29.5 Å². The zero-order valence-corrected chi connectivity index (χ0v) is 17.0. The van der Waals surface area contributed by atoms with E-state index in [9.17, 15) is 13.6 Å². The molecule has 1 aromatic heterocycles. The number of methoxy groups -OCH3 is 1. The van der Waals surface area contributed by atoms with Gasteiger partial charge < -0.3 is 14.8 Å². The average Bonchev–Trinajstić information content (AvgIpc) is 3.09. The molecule has 3 rings (SSSR count). The lowest BCUT2D eigenvalue weighted by Gasteiger charge is -2.24. The number of thiazole rings is 1. The molecule has 1 heterocycles. The molecule has 0 saturated carbocycles. The van der Waals surface area contributed by atoms with E-state index < -0.39 is 12.7 Å². The number of benzene rings is 2. The molecule has 3 aromatic rings. The number of carbonyl (C=O) groups excluding carboxylic acids is 1. The lowest BCUT2D eigenvalue weighted by Crippen LogP contribution is -2.39. The summed E-state index contributed by atoms with van der Waals surface area (Å²) in [5, 5.41) is 3.37. The molecule has 0 fully saturated rings. The summed E-state index contributed by atoms with van der Waals surface area (Å²) in [4.78, 5) is 18.8. The Morgan fingerprint density at radius 3 is 2.69 bits per heavy atom. The Hall–Kier alpha value is -2.78. The van der Waals surface area contributed by atoms with Gasteiger partial charge in [-0.25, -0.2) is 4.98 Å². The number of halogens is 2. The highest BCUT2D eigenvalue weighted by molar-refractivity contribution is 7.22. The number of ether oxygens (including phenoxy) is 2. The van der Waals surface area contributed by atoms with E-state index in [4.69, 9.17) is 4.74 Å². The van der Waals surface area contributed by atoms with Crippen molar-refractivity contribution in [3.05, 3.63) is 48.0 Å². The Balaban J connectivity index is 1.66. The van der Waals surface area contributed by atoms with Crippen LogP contribution in [0.2, 0.25) is 0 Å². The number of nitrogens with one attached hydrogen (secondary N) is 1. The first kappa shape index (κ1) is 20.9. The second-order valence-corrected chi connectivity index (χ2v) is 7.46. The number of carbonyl (C=O) groups is 1. The first-order valence-corrected chi connectivity index (χ1v) is 9.67. The van der Waals surface area contributed by atoms with Gasteiger partial charge in [-0.15, -0.1) is 0 Å². The fourth-order valence-corrected chi connectivity index (χ4v) is 3.64. The fraction of sp³-hybridized carbons (Fsp3) is 0.300. The van der Waals surface area contributed by atoms with Crippen LogP contribution >= 0.6 is 11.3 Å². The molecular formula is C20H21F2N3O3S. The molecule has 1 amide bonds. The summed E-state index contributed by atoms with van der Waals surface area (Å²) in [7, 11) is 3.16. The Morgan fingerprint density at radius 1 is 1.24 bits per heavy atom. The number of alkyl halides is 2. The number of para-hydroxylation sites is 1. The molecule has 2 aromatic carbocycles. The molecule has 0 radical (unpaired) electrons. The zero-order valence-electron chi connectivity index (χ0n) is 16.2. The van der Waals surface area contributed by atoms with Crippen LogP contribution in [0, 0.1) is 0 Å². The van der Waals surface area contributed by atoms with Gasteiger partial charge >= 0.3 is 6.61 Å². The van der Waals surface area contributed by atoms with Crippen LogP contribution in [0.4, 0.5) is 13.9 Å². The molecule has 1 N–H and O–H groups in total. The van der Waals surface area contributed by atoms with E-state index in [1.807, 2.05) is 24.3 Å². The molecule has 1 atom stereocenters. The quantitative estimate of drug-likeness (QED) is 0.585. The molecule has 0 bridgehead atoms. The number of amides is 1. The van der Waals surface area contributed by atoms with E-state index >= 15 is 0 Å². The van der Waals surface area contributed by atoms with Gasteiger partial charge in [-0.2, -0.15) is 8.78 Å². The molecule has 9 heteroatoms. The average molecular weight is 421 g/mol. The molecular weight excluding hydrogens is 400 g/mol. The molecule has 0 spiro atoms. The van der Waals surface area contributed by atoms with Crippen molar-refractivity contribution in [3.8, 4) is 11.5 Å². The highest BCUT2D eigenvalue weighted by atomic mass is 32.1. The van der Waals surface area contributed by atoms with E-state index in [0.717, 1.165) is 10.2 Å². The van der Waals surface area contributed by atoms with Crippen molar-refractivity contribution in [2.45, 2.75) is 26.1 Å². The summed E-state index contributed by atoms with van der Waals surface area (Å²) in [6.45, 7) is -0.823. The number of hydrogen-bond acceptors (Lipinski definition) is 6. The Kier molecular flexibility index (Phi) is 6.60. The molecule has 6 nitrogen and oxygen atoms in total. The minimum absolute atomic E-state index is 0.0417. The van der Waals surface area contributed by atoms with Gasteiger partial charge in [0.1, 0.15) is 0 Å². The first-order chi connectivity index (χ1) is 13.9. The van der Waals surface area contributed by atoms with Crippen LogP contribution in [0.5, 0.6) is 11.5 Å². The maximum absolute atomic E-state index is 12.6. The SMILES string of the molecule is COc1ccc(CN(C)C(C)C(=O)Nc2nc3ccccc3s2)cc1OC(F)F. The maximum Gasteiger partial charge on any atom is 0.387 e. The van der Waals surface area contributed by atoms with Crippen LogP contribution in [0.25, 0.3) is 10.2 Å². The largest absolute Gasteiger partial charge is 0.493 e. The molecule has 0 saturated heterocycles. The number of anilines is 1. The van der Waals surface area contributed by atoms with Gasteiger partial charge in [0.05, 0.1) is 23.4 Å². The minimum Gasteiger partial charge on any atom is -0.493 e. The van der Waals surface area contributed by atoms with Gasteiger partial charge in [-0.05, 0) is 43.8 Å². The predicted octanol–water partition coefficient (Wildman–Crippen LogP) is 4.37. The van der Waals surface area contributed by atoms with Gasteiger partial charge in [0.15, 0.2) is 16.6 Å². The highest BCUT2D eigenvalue weighted by Gasteiger charge is 2.20. The van der Waals surface area contributed by atoms with Gasteiger partial charge in [0.2, 0.25) is 5.91 Å². The third-order valence-corrected chi connectivity index (χ3v) is 5.39. The lowest BCUT2D eigenvalue weighted by atomic mass is 10.1. The van der Waals surface area contributed by atoms with E-state index in [0.29, 0.717) is 17.2 Å². The number of hydrogen-bond donors (Lipinski definition) is 1. The van der Waals surface area contributed by atoms with Crippen molar-refractivity contribution in [3.63, 3.8) is 0 Å². The van der Waals surface area contributed by atoms with Gasteiger partial charge in [0.25, 0.3) is 0 Å². The maximum atomic E-state index is 12.6. The normalized spacial score (nSPS) is 12.4. The molecule has 0 aliphatic heterocycles. The van der Waals surface area contributed by atoms with Crippen molar-refractivity contribution in [1.29, 1.82) is 0 Å². The summed E-state index contributed by atoms with van der Waals surface area (Å²) >= 11 is 1.41. The predicted molar refractivity (Wildman–Crippen MR) is 109 cm³/mol. The number of nitrogens with zero attached hydrogens (tertiary/aromatic N) is 2. The van der Waals surface area contributed by atoms with Gasteiger partial charge in [-0.3, -0.25) is 9.69 Å². The number of rotatable bonds is 8. The third-order valence-electron chi connectivity index (χ3n) is 4.44. The number of aromatic nitrogens is 1. The van der Waals surface area contributed by atoms with Crippen LogP contribution < -0.4 is 14.8 Å². The smallest absolute Gasteiger partial charge is 0.387 e. The number of fused-ring (bicyclic) bond motifs is 1. The Labute approximate surface area is 171 Å². The molecule has 29 heavy (non-hydrogen) atoms. The Morgan fingerprint density at radius 2 is 2.00 bits per heavy atom. The van der Waals surface area contributed by atoms with E-state index in [2.05, 4.69) is 15.0 Å². The summed E-state index contributed by atoms with van der Waals surface area (Å²) in [5.41, 5.74) is 1.54. The standard InChI is InChI=1S/C20H21F2N3O3S/c1-12(18(26)24-20-23-14-6-4-5-7-17(14)29-20)25(2)11-13-8-9-15(27-3)16(10-13)28-19(21)22/h4-10,12,19H,11H2,1-3H3,(H,23,24,26). The minimum atomic E-state index is -2.95. The third kappa shape index (κ3) is 5.18. The molecule has 0 aliphatic rings. The van der Waals surface area contributed by atoms with Gasteiger partial charge in [0, 0.05) is 6.54 Å². The van der Waals surface area contributed by atoms with Crippen LogP contribution in [-0.2, 0) is 11.3 Å². The molecule has 1 unspecified atom stereocenters.